The zero-order valence-electron chi connectivity index (χ0n) is 17.8. The van der Waals surface area contributed by atoms with E-state index in [1.54, 1.807) is 14.2 Å². The number of rotatable bonds is 5. The van der Waals surface area contributed by atoms with Crippen LogP contribution in [-0.2, 0) is 4.74 Å². The molecule has 1 saturated heterocycles. The molecule has 0 amide bonds. The summed E-state index contributed by atoms with van der Waals surface area (Å²) < 4.78 is 16.5. The molecule has 0 N–H and O–H groups in total. The summed E-state index contributed by atoms with van der Waals surface area (Å²) in [7, 11) is 3.33. The van der Waals surface area contributed by atoms with Crippen molar-refractivity contribution in [3.8, 4) is 33.9 Å². The summed E-state index contributed by atoms with van der Waals surface area (Å²) in [6.07, 6.45) is 2.19. The van der Waals surface area contributed by atoms with Gasteiger partial charge in [-0.05, 0) is 55.8 Å². The number of aromatic nitrogens is 2. The zero-order chi connectivity index (χ0) is 21.1. The van der Waals surface area contributed by atoms with Gasteiger partial charge >= 0.3 is 0 Å². The van der Waals surface area contributed by atoms with Crippen molar-refractivity contribution in [3.05, 3.63) is 54.7 Å². The van der Waals surface area contributed by atoms with Crippen molar-refractivity contribution in [2.45, 2.75) is 26.1 Å². The molecule has 2 heterocycles. The summed E-state index contributed by atoms with van der Waals surface area (Å²) >= 11 is 0. The highest BCUT2D eigenvalue weighted by molar-refractivity contribution is 5.81. The highest BCUT2D eigenvalue weighted by atomic mass is 16.5. The van der Waals surface area contributed by atoms with Gasteiger partial charge in [0.05, 0.1) is 32.1 Å². The molecule has 0 bridgehead atoms. The first-order valence-electron chi connectivity index (χ1n) is 10.1. The Labute approximate surface area is 177 Å². The molecular weight excluding hydrogens is 378 g/mol. The highest BCUT2D eigenvalue weighted by Crippen LogP contribution is 2.33. The van der Waals surface area contributed by atoms with Crippen LogP contribution in [0.5, 0.6) is 11.5 Å². The summed E-state index contributed by atoms with van der Waals surface area (Å²) in [6.45, 7) is 5.71. The largest absolute Gasteiger partial charge is 0.497 e. The molecule has 6 heteroatoms. The molecule has 2 atom stereocenters. The van der Waals surface area contributed by atoms with Gasteiger partial charge in [0.25, 0.3) is 0 Å². The minimum Gasteiger partial charge on any atom is -0.497 e. The predicted molar refractivity (Wildman–Crippen MR) is 118 cm³/mol. The lowest BCUT2D eigenvalue weighted by Gasteiger charge is -2.35. The topological polar surface area (TPSA) is 56.7 Å². The van der Waals surface area contributed by atoms with Crippen LogP contribution in [0.25, 0.3) is 22.4 Å². The first kappa shape index (κ1) is 20.2. The number of morpholine rings is 1. The molecule has 1 aliphatic heterocycles. The fourth-order valence-corrected chi connectivity index (χ4v) is 3.82. The van der Waals surface area contributed by atoms with E-state index in [0.29, 0.717) is 0 Å². The Hall–Kier alpha value is -3.12. The number of hydrogen-bond acceptors (Lipinski definition) is 6. The first-order valence-corrected chi connectivity index (χ1v) is 10.1. The minimum absolute atomic E-state index is 0.142. The van der Waals surface area contributed by atoms with Gasteiger partial charge in [0, 0.05) is 30.4 Å². The number of hydrogen-bond donors (Lipinski definition) is 0. The van der Waals surface area contributed by atoms with E-state index < -0.39 is 0 Å². The molecule has 0 spiro atoms. The smallest absolute Gasteiger partial charge is 0.226 e. The van der Waals surface area contributed by atoms with E-state index in [1.807, 2.05) is 54.7 Å². The number of methoxy groups -OCH3 is 2. The second-order valence-corrected chi connectivity index (χ2v) is 7.55. The molecule has 2 unspecified atom stereocenters. The van der Waals surface area contributed by atoms with Crippen LogP contribution in [0.2, 0.25) is 0 Å². The predicted octanol–water partition coefficient (Wildman–Crippen LogP) is 4.44. The zero-order valence-corrected chi connectivity index (χ0v) is 17.8. The maximum Gasteiger partial charge on any atom is 0.226 e. The maximum absolute atomic E-state index is 5.87. The summed E-state index contributed by atoms with van der Waals surface area (Å²) in [4.78, 5) is 11.9. The molecule has 6 nitrogen and oxygen atoms in total. The van der Waals surface area contributed by atoms with E-state index in [4.69, 9.17) is 24.2 Å². The van der Waals surface area contributed by atoms with Crippen molar-refractivity contribution in [1.82, 2.24) is 9.97 Å². The Kier molecular flexibility index (Phi) is 5.86. The molecule has 2 aromatic carbocycles. The third-order valence-electron chi connectivity index (χ3n) is 5.24. The quantitative estimate of drug-likeness (QED) is 0.625. The van der Waals surface area contributed by atoms with Crippen LogP contribution < -0.4 is 14.4 Å². The number of benzene rings is 2. The summed E-state index contributed by atoms with van der Waals surface area (Å²) in [5.41, 5.74) is 3.91. The molecular formula is C24H27N3O3. The lowest BCUT2D eigenvalue weighted by molar-refractivity contribution is -0.00571. The van der Waals surface area contributed by atoms with Gasteiger partial charge in [0.1, 0.15) is 11.5 Å². The van der Waals surface area contributed by atoms with Gasteiger partial charge in [0.15, 0.2) is 0 Å². The standard InChI is InChI=1S/C24H27N3O3/c1-16-14-27(15-17(2)30-16)24-25-13-22(18-5-9-20(28-3)10-6-18)23(26-24)19-7-11-21(29-4)12-8-19/h5-13,16-17H,14-15H2,1-4H3. The third kappa shape index (κ3) is 4.24. The van der Waals surface area contributed by atoms with Crippen LogP contribution in [0.1, 0.15) is 13.8 Å². The second kappa shape index (κ2) is 8.71. The summed E-state index contributed by atoms with van der Waals surface area (Å²) in [5, 5.41) is 0. The van der Waals surface area contributed by atoms with E-state index in [0.717, 1.165) is 52.9 Å². The van der Waals surface area contributed by atoms with E-state index in [1.165, 1.54) is 0 Å². The Morgan fingerprint density at radius 2 is 1.37 bits per heavy atom. The van der Waals surface area contributed by atoms with Crippen LogP contribution in [0, 0.1) is 0 Å². The van der Waals surface area contributed by atoms with Crippen LogP contribution in [0.4, 0.5) is 5.95 Å². The Morgan fingerprint density at radius 3 is 1.90 bits per heavy atom. The lowest BCUT2D eigenvalue weighted by atomic mass is 10.0. The molecule has 0 aliphatic carbocycles. The Bertz CT molecular complexity index is 980. The number of nitrogens with zero attached hydrogens (tertiary/aromatic N) is 3. The second-order valence-electron chi connectivity index (χ2n) is 7.55. The van der Waals surface area contributed by atoms with Gasteiger partial charge in [-0.2, -0.15) is 0 Å². The third-order valence-corrected chi connectivity index (χ3v) is 5.24. The van der Waals surface area contributed by atoms with Crippen molar-refractivity contribution >= 4 is 5.95 Å². The molecule has 0 saturated carbocycles. The average Bonchev–Trinajstić information content (AvgIpc) is 2.78. The Morgan fingerprint density at radius 1 is 0.833 bits per heavy atom. The van der Waals surface area contributed by atoms with Gasteiger partial charge in [0.2, 0.25) is 5.95 Å². The molecule has 156 valence electrons. The normalized spacial score (nSPS) is 18.9. The van der Waals surface area contributed by atoms with Gasteiger partial charge in [-0.1, -0.05) is 12.1 Å². The van der Waals surface area contributed by atoms with Crippen LogP contribution in [0.3, 0.4) is 0 Å². The molecule has 1 fully saturated rings. The maximum atomic E-state index is 5.87. The van der Waals surface area contributed by atoms with Crippen molar-refractivity contribution in [3.63, 3.8) is 0 Å². The molecule has 4 rings (SSSR count). The molecule has 1 aromatic heterocycles. The average molecular weight is 405 g/mol. The SMILES string of the molecule is COc1ccc(-c2cnc(N3CC(C)OC(C)C3)nc2-c2ccc(OC)cc2)cc1. The van der Waals surface area contributed by atoms with Crippen molar-refractivity contribution in [2.75, 3.05) is 32.2 Å². The first-order chi connectivity index (χ1) is 14.6. The molecule has 30 heavy (non-hydrogen) atoms. The Balaban J connectivity index is 1.78. The van der Waals surface area contributed by atoms with Crippen LogP contribution >= 0.6 is 0 Å². The van der Waals surface area contributed by atoms with Crippen molar-refractivity contribution < 1.29 is 14.2 Å². The fraction of sp³-hybridized carbons (Fsp3) is 0.333. The molecule has 1 aliphatic rings. The highest BCUT2D eigenvalue weighted by Gasteiger charge is 2.25. The number of anilines is 1. The number of ether oxygens (including phenoxy) is 3. The van der Waals surface area contributed by atoms with E-state index >= 15 is 0 Å². The van der Waals surface area contributed by atoms with E-state index in [-0.39, 0.29) is 12.2 Å². The summed E-state index contributed by atoms with van der Waals surface area (Å²) in [6, 6.07) is 15.9. The monoisotopic (exact) mass is 405 g/mol. The summed E-state index contributed by atoms with van der Waals surface area (Å²) in [5.74, 6) is 2.36. The van der Waals surface area contributed by atoms with Gasteiger partial charge < -0.3 is 19.1 Å². The van der Waals surface area contributed by atoms with Crippen molar-refractivity contribution in [1.29, 1.82) is 0 Å². The molecule has 0 radical (unpaired) electrons. The molecule has 3 aromatic rings. The van der Waals surface area contributed by atoms with E-state index in [2.05, 4.69) is 18.7 Å². The fourth-order valence-electron chi connectivity index (χ4n) is 3.82. The van der Waals surface area contributed by atoms with Crippen LogP contribution in [0.15, 0.2) is 54.7 Å². The van der Waals surface area contributed by atoms with Gasteiger partial charge in [-0.25, -0.2) is 9.97 Å². The van der Waals surface area contributed by atoms with Gasteiger partial charge in [-0.15, -0.1) is 0 Å². The van der Waals surface area contributed by atoms with E-state index in [9.17, 15) is 0 Å². The van der Waals surface area contributed by atoms with Gasteiger partial charge in [-0.3, -0.25) is 0 Å². The lowest BCUT2D eigenvalue weighted by Crippen LogP contribution is -2.46. The van der Waals surface area contributed by atoms with Crippen LogP contribution in [-0.4, -0.2) is 49.5 Å². The minimum atomic E-state index is 0.142. The van der Waals surface area contributed by atoms with Crippen molar-refractivity contribution in [2.24, 2.45) is 0 Å².